The molecule has 2 heterocycles. The van der Waals surface area contributed by atoms with Crippen molar-refractivity contribution in [2.45, 2.75) is 32.3 Å². The van der Waals surface area contributed by atoms with Crippen LogP contribution in [0, 0.1) is 0 Å². The van der Waals surface area contributed by atoms with Crippen LogP contribution in [-0.4, -0.2) is 30.6 Å². The van der Waals surface area contributed by atoms with Crippen LogP contribution in [0.15, 0.2) is 42.5 Å². The number of nitrogens with zero attached hydrogens (tertiary/aromatic N) is 1. The van der Waals surface area contributed by atoms with Gasteiger partial charge in [0.1, 0.15) is 0 Å². The van der Waals surface area contributed by atoms with Gasteiger partial charge in [-0.2, -0.15) is 0 Å². The number of esters is 1. The first-order chi connectivity index (χ1) is 12.5. The van der Waals surface area contributed by atoms with Crippen molar-refractivity contribution in [3.05, 3.63) is 59.2 Å². The number of hydrogen-bond acceptors (Lipinski definition) is 4. The molecule has 0 aliphatic carbocycles. The molecule has 1 atom stereocenters. The van der Waals surface area contributed by atoms with Crippen LogP contribution in [0.1, 0.15) is 35.3 Å². The van der Waals surface area contributed by atoms with Gasteiger partial charge in [-0.15, -0.1) is 0 Å². The normalized spacial score (nSPS) is 21.0. The number of amides is 1. The molecular weight excluding hydrogens is 328 g/mol. The first kappa shape index (κ1) is 16.6. The van der Waals surface area contributed by atoms with E-state index in [1.807, 2.05) is 24.3 Å². The minimum Gasteiger partial charge on any atom is -0.445 e. The van der Waals surface area contributed by atoms with E-state index in [1.54, 1.807) is 19.1 Å². The number of cyclic esters (lactones) is 1. The van der Waals surface area contributed by atoms with E-state index in [4.69, 9.17) is 4.74 Å². The lowest BCUT2D eigenvalue weighted by atomic mass is 9.89. The summed E-state index contributed by atoms with van der Waals surface area (Å²) in [5.74, 6) is -0.753. The lowest BCUT2D eigenvalue weighted by Gasteiger charge is -2.33. The first-order valence-corrected chi connectivity index (χ1v) is 9.01. The number of rotatable bonds is 3. The average molecular weight is 350 g/mol. The van der Waals surface area contributed by atoms with Crippen LogP contribution in [0.3, 0.4) is 0 Å². The Kier molecular flexibility index (Phi) is 3.94. The quantitative estimate of drug-likeness (QED) is 0.864. The second-order valence-corrected chi connectivity index (χ2v) is 7.08. The average Bonchev–Trinajstić information content (AvgIpc) is 3.04. The molecule has 4 rings (SSSR count). The maximum absolute atomic E-state index is 12.9. The molecule has 0 saturated carbocycles. The number of benzene rings is 2. The first-order valence-electron chi connectivity index (χ1n) is 9.01. The number of anilines is 2. The van der Waals surface area contributed by atoms with Gasteiger partial charge in [0.15, 0.2) is 5.60 Å². The van der Waals surface area contributed by atoms with Gasteiger partial charge in [-0.05, 0) is 49.6 Å². The van der Waals surface area contributed by atoms with Crippen molar-refractivity contribution in [3.8, 4) is 0 Å². The Labute approximate surface area is 153 Å². The molecule has 1 unspecified atom stereocenters. The Bertz CT molecular complexity index is 893. The molecule has 26 heavy (non-hydrogen) atoms. The summed E-state index contributed by atoms with van der Waals surface area (Å²) in [4.78, 5) is 27.5. The molecule has 2 aromatic carbocycles. The minimum absolute atomic E-state index is 0.304. The van der Waals surface area contributed by atoms with Crippen LogP contribution < -0.4 is 10.2 Å². The SMILES string of the molecule is CCN1CCc2ccc(NC(=O)C3(C)Cc4ccccc4C(=O)O3)cc21. The maximum atomic E-state index is 12.9. The Morgan fingerprint density at radius 1 is 1.23 bits per heavy atom. The molecule has 0 aromatic heterocycles. The zero-order chi connectivity index (χ0) is 18.3. The second-order valence-electron chi connectivity index (χ2n) is 7.08. The standard InChI is InChI=1S/C21H22N2O3/c1-3-23-11-10-14-8-9-16(12-18(14)23)22-20(25)21(2)13-15-6-4-5-7-17(15)19(24)26-21/h4-9,12H,3,10-11,13H2,1-2H3,(H,22,25). The van der Waals surface area contributed by atoms with Gasteiger partial charge in [0.2, 0.25) is 0 Å². The van der Waals surface area contributed by atoms with Crippen molar-refractivity contribution in [1.82, 2.24) is 0 Å². The summed E-state index contributed by atoms with van der Waals surface area (Å²) in [7, 11) is 0. The number of hydrogen-bond donors (Lipinski definition) is 1. The molecule has 134 valence electrons. The molecule has 2 aromatic rings. The summed E-state index contributed by atoms with van der Waals surface area (Å²) in [6.07, 6.45) is 1.40. The molecule has 5 heteroatoms. The van der Waals surface area contributed by atoms with Crippen LogP contribution in [0.4, 0.5) is 11.4 Å². The van der Waals surface area contributed by atoms with Crippen LogP contribution in [0.25, 0.3) is 0 Å². The predicted octanol–water partition coefficient (Wildman–Crippen LogP) is 3.18. The van der Waals surface area contributed by atoms with Gasteiger partial charge in [-0.3, -0.25) is 4.79 Å². The summed E-state index contributed by atoms with van der Waals surface area (Å²) < 4.78 is 5.51. The Morgan fingerprint density at radius 3 is 2.85 bits per heavy atom. The van der Waals surface area contributed by atoms with E-state index in [1.165, 1.54) is 11.3 Å². The number of carbonyl (C=O) groups is 2. The molecule has 0 fully saturated rings. The van der Waals surface area contributed by atoms with Gasteiger partial charge in [0.05, 0.1) is 5.56 Å². The molecule has 0 saturated heterocycles. The van der Waals surface area contributed by atoms with Gasteiger partial charge >= 0.3 is 5.97 Å². The van der Waals surface area contributed by atoms with Crippen molar-refractivity contribution in [2.24, 2.45) is 0 Å². The summed E-state index contributed by atoms with van der Waals surface area (Å²) in [5.41, 5.74) is 3.36. The summed E-state index contributed by atoms with van der Waals surface area (Å²) in [6.45, 7) is 5.74. The maximum Gasteiger partial charge on any atom is 0.339 e. The molecule has 0 bridgehead atoms. The van der Waals surface area contributed by atoms with E-state index in [9.17, 15) is 9.59 Å². The van der Waals surface area contributed by atoms with E-state index in [-0.39, 0.29) is 5.91 Å². The van der Waals surface area contributed by atoms with Crippen molar-refractivity contribution in [2.75, 3.05) is 23.3 Å². The molecule has 2 aliphatic rings. The lowest BCUT2D eigenvalue weighted by Crippen LogP contribution is -2.48. The van der Waals surface area contributed by atoms with Crippen LogP contribution in [0.5, 0.6) is 0 Å². The molecule has 2 aliphatic heterocycles. The van der Waals surface area contributed by atoms with Crippen molar-refractivity contribution < 1.29 is 14.3 Å². The van der Waals surface area contributed by atoms with Crippen molar-refractivity contribution in [1.29, 1.82) is 0 Å². The van der Waals surface area contributed by atoms with E-state index in [2.05, 4.69) is 23.2 Å². The Morgan fingerprint density at radius 2 is 2.04 bits per heavy atom. The molecule has 0 radical (unpaired) electrons. The third kappa shape index (κ3) is 2.73. The number of ether oxygens (including phenoxy) is 1. The van der Waals surface area contributed by atoms with Gasteiger partial charge in [0.25, 0.3) is 5.91 Å². The topological polar surface area (TPSA) is 58.6 Å². The largest absolute Gasteiger partial charge is 0.445 e. The van der Waals surface area contributed by atoms with Gasteiger partial charge < -0.3 is 15.0 Å². The molecule has 1 N–H and O–H groups in total. The highest BCUT2D eigenvalue weighted by molar-refractivity contribution is 6.02. The lowest BCUT2D eigenvalue weighted by molar-refractivity contribution is -0.134. The number of fused-ring (bicyclic) bond motifs is 2. The Balaban J connectivity index is 1.57. The minimum atomic E-state index is -1.21. The molecular formula is C21H22N2O3. The third-order valence-corrected chi connectivity index (χ3v) is 5.28. The predicted molar refractivity (Wildman–Crippen MR) is 101 cm³/mol. The van der Waals surface area contributed by atoms with E-state index < -0.39 is 11.6 Å². The van der Waals surface area contributed by atoms with Crippen LogP contribution in [0.2, 0.25) is 0 Å². The van der Waals surface area contributed by atoms with E-state index in [0.717, 1.165) is 30.8 Å². The number of nitrogens with one attached hydrogen (secondary N) is 1. The summed E-state index contributed by atoms with van der Waals surface area (Å²) >= 11 is 0. The van der Waals surface area contributed by atoms with Gasteiger partial charge in [-0.1, -0.05) is 24.3 Å². The van der Waals surface area contributed by atoms with Gasteiger partial charge in [-0.25, -0.2) is 4.79 Å². The zero-order valence-electron chi connectivity index (χ0n) is 15.0. The number of likely N-dealkylation sites (N-methyl/N-ethyl adjacent to an activating group) is 1. The fraction of sp³-hybridized carbons (Fsp3) is 0.333. The van der Waals surface area contributed by atoms with E-state index in [0.29, 0.717) is 12.0 Å². The monoisotopic (exact) mass is 350 g/mol. The molecule has 0 spiro atoms. The van der Waals surface area contributed by atoms with Gasteiger partial charge in [0, 0.05) is 30.9 Å². The summed E-state index contributed by atoms with van der Waals surface area (Å²) in [6, 6.07) is 13.3. The number of carbonyl (C=O) groups excluding carboxylic acids is 2. The third-order valence-electron chi connectivity index (χ3n) is 5.28. The van der Waals surface area contributed by atoms with Crippen molar-refractivity contribution >= 4 is 23.3 Å². The highest BCUT2D eigenvalue weighted by Crippen LogP contribution is 2.32. The summed E-state index contributed by atoms with van der Waals surface area (Å²) in [5, 5.41) is 2.94. The fourth-order valence-electron chi connectivity index (χ4n) is 3.77. The smallest absolute Gasteiger partial charge is 0.339 e. The fourth-order valence-corrected chi connectivity index (χ4v) is 3.77. The van der Waals surface area contributed by atoms with Crippen LogP contribution >= 0.6 is 0 Å². The van der Waals surface area contributed by atoms with Crippen LogP contribution in [-0.2, 0) is 22.4 Å². The zero-order valence-corrected chi connectivity index (χ0v) is 15.0. The second kappa shape index (κ2) is 6.16. The highest BCUT2D eigenvalue weighted by Gasteiger charge is 2.42. The Hall–Kier alpha value is -2.82. The van der Waals surface area contributed by atoms with E-state index >= 15 is 0 Å². The van der Waals surface area contributed by atoms with Crippen molar-refractivity contribution in [3.63, 3.8) is 0 Å². The highest BCUT2D eigenvalue weighted by atomic mass is 16.6. The molecule has 1 amide bonds. The molecule has 5 nitrogen and oxygen atoms in total.